The highest BCUT2D eigenvalue weighted by atomic mass is 16.6. The van der Waals surface area contributed by atoms with Crippen LogP contribution in [0.2, 0.25) is 0 Å². The molecule has 10 heteroatoms. The van der Waals surface area contributed by atoms with E-state index in [1.165, 1.54) is 12.1 Å². The van der Waals surface area contributed by atoms with E-state index in [1.807, 2.05) is 60.7 Å². The Labute approximate surface area is 296 Å². The van der Waals surface area contributed by atoms with Crippen LogP contribution in [0, 0.1) is 20.2 Å². The Hall–Kier alpha value is -5.64. The lowest BCUT2D eigenvalue weighted by atomic mass is 9.76. The monoisotopic (exact) mass is 684 g/mol. The molecule has 4 aromatic rings. The number of benzene rings is 4. The van der Waals surface area contributed by atoms with Crippen molar-refractivity contribution in [2.24, 2.45) is 0 Å². The second-order valence-corrected chi connectivity index (χ2v) is 14.8. The first-order chi connectivity index (χ1) is 24.3. The Morgan fingerprint density at radius 1 is 0.627 bits per heavy atom. The number of fused-ring (bicyclic) bond motifs is 4. The van der Waals surface area contributed by atoms with Gasteiger partial charge in [0.25, 0.3) is 0 Å². The predicted octanol–water partition coefficient (Wildman–Crippen LogP) is 8.93. The van der Waals surface area contributed by atoms with E-state index in [0.717, 1.165) is 22.5 Å². The standard InChI is InChI=1S/C41H40N4O6/c1-7-42-32-15-11-9-13-30(32)38(3,4)40(42)19-17-28-22-26(24-34(44(46)47)36(28)50-40)21-27-23-29-18-20-41(51-37(29)35(25-27)45(48)49)39(5,6)31-14-10-12-16-33(31)43(41)8-2/h9-20,22-25H,7-8,21H2,1-6H3. The summed E-state index contributed by atoms with van der Waals surface area (Å²) in [5, 5.41) is 25.2. The van der Waals surface area contributed by atoms with E-state index >= 15 is 0 Å². The number of likely N-dealkylation sites (N-methyl/N-ethyl adjacent to an activating group) is 2. The summed E-state index contributed by atoms with van der Waals surface area (Å²) in [4.78, 5) is 28.8. The first kappa shape index (κ1) is 32.6. The summed E-state index contributed by atoms with van der Waals surface area (Å²) in [6, 6.07) is 23.1. The normalized spacial score (nSPS) is 22.6. The Morgan fingerprint density at radius 3 is 1.39 bits per heavy atom. The molecule has 8 rings (SSSR count). The summed E-state index contributed by atoms with van der Waals surface area (Å²) >= 11 is 0. The number of hydrogen-bond donors (Lipinski definition) is 0. The van der Waals surface area contributed by atoms with Gasteiger partial charge in [-0.2, -0.15) is 0 Å². The van der Waals surface area contributed by atoms with Crippen LogP contribution in [0.3, 0.4) is 0 Å². The molecule has 0 saturated heterocycles. The van der Waals surface area contributed by atoms with Crippen molar-refractivity contribution in [3.05, 3.63) is 139 Å². The quantitative estimate of drug-likeness (QED) is 0.146. The zero-order valence-electron chi connectivity index (χ0n) is 29.6. The molecule has 0 aliphatic carbocycles. The molecule has 4 heterocycles. The maximum Gasteiger partial charge on any atom is 0.311 e. The molecule has 260 valence electrons. The first-order valence-electron chi connectivity index (χ1n) is 17.4. The van der Waals surface area contributed by atoms with Crippen LogP contribution >= 0.6 is 0 Å². The largest absolute Gasteiger partial charge is 0.456 e. The maximum atomic E-state index is 12.6. The first-order valence-corrected chi connectivity index (χ1v) is 17.4. The molecule has 4 aliphatic heterocycles. The van der Waals surface area contributed by atoms with Crippen LogP contribution in [-0.2, 0) is 17.3 Å². The topological polar surface area (TPSA) is 111 Å². The van der Waals surface area contributed by atoms with Gasteiger partial charge in [0.15, 0.2) is 0 Å². The van der Waals surface area contributed by atoms with Crippen LogP contribution in [0.15, 0.2) is 84.9 Å². The van der Waals surface area contributed by atoms with Crippen molar-refractivity contribution < 1.29 is 19.3 Å². The van der Waals surface area contributed by atoms with Gasteiger partial charge >= 0.3 is 11.4 Å². The van der Waals surface area contributed by atoms with Crippen molar-refractivity contribution in [3.8, 4) is 11.5 Å². The lowest BCUT2D eigenvalue weighted by molar-refractivity contribution is -0.386. The van der Waals surface area contributed by atoms with Gasteiger partial charge in [0.2, 0.25) is 22.9 Å². The van der Waals surface area contributed by atoms with E-state index < -0.39 is 32.1 Å². The minimum Gasteiger partial charge on any atom is -0.456 e. The molecule has 4 aromatic carbocycles. The number of ether oxygens (including phenoxy) is 2. The fourth-order valence-electron chi connectivity index (χ4n) is 9.02. The van der Waals surface area contributed by atoms with Gasteiger partial charge in [-0.3, -0.25) is 20.2 Å². The molecule has 4 aliphatic rings. The van der Waals surface area contributed by atoms with E-state index in [9.17, 15) is 20.2 Å². The number of nitro benzene ring substituents is 2. The van der Waals surface area contributed by atoms with Gasteiger partial charge in [-0.15, -0.1) is 0 Å². The zero-order chi connectivity index (χ0) is 36.1. The van der Waals surface area contributed by atoms with E-state index in [2.05, 4.69) is 75.6 Å². The van der Waals surface area contributed by atoms with E-state index in [1.54, 1.807) is 0 Å². The van der Waals surface area contributed by atoms with Crippen LogP contribution < -0.4 is 19.3 Å². The van der Waals surface area contributed by atoms with Crippen molar-refractivity contribution in [2.75, 3.05) is 22.9 Å². The molecular weight excluding hydrogens is 644 g/mol. The molecule has 0 amide bonds. The van der Waals surface area contributed by atoms with Crippen LogP contribution in [0.25, 0.3) is 12.2 Å². The molecular formula is C41H40N4O6. The highest BCUT2D eigenvalue weighted by Crippen LogP contribution is 2.57. The van der Waals surface area contributed by atoms with Gasteiger partial charge in [0.05, 0.1) is 20.7 Å². The van der Waals surface area contributed by atoms with E-state index in [4.69, 9.17) is 9.47 Å². The van der Waals surface area contributed by atoms with Gasteiger partial charge in [0.1, 0.15) is 0 Å². The molecule has 0 fully saturated rings. The van der Waals surface area contributed by atoms with Crippen molar-refractivity contribution in [1.29, 1.82) is 0 Å². The lowest BCUT2D eigenvalue weighted by Gasteiger charge is -2.46. The molecule has 2 spiro atoms. The average Bonchev–Trinajstić information content (AvgIpc) is 3.40. The van der Waals surface area contributed by atoms with Crippen molar-refractivity contribution >= 4 is 34.9 Å². The van der Waals surface area contributed by atoms with Gasteiger partial charge in [-0.1, -0.05) is 36.4 Å². The van der Waals surface area contributed by atoms with Gasteiger partial charge in [-0.05, 0) is 119 Å². The smallest absolute Gasteiger partial charge is 0.311 e. The number of para-hydroxylation sites is 2. The Morgan fingerprint density at radius 2 is 1.02 bits per heavy atom. The predicted molar refractivity (Wildman–Crippen MR) is 199 cm³/mol. The number of nitro groups is 2. The number of rotatable bonds is 6. The third-order valence-electron chi connectivity index (χ3n) is 11.6. The fourth-order valence-corrected chi connectivity index (χ4v) is 9.02. The van der Waals surface area contributed by atoms with Crippen molar-refractivity contribution in [3.63, 3.8) is 0 Å². The lowest BCUT2D eigenvalue weighted by Crippen LogP contribution is -2.59. The molecule has 10 nitrogen and oxygen atoms in total. The average molecular weight is 685 g/mol. The summed E-state index contributed by atoms with van der Waals surface area (Å²) in [6.45, 7) is 13.8. The third kappa shape index (κ3) is 4.28. The minimum absolute atomic E-state index is 0.144. The Kier molecular flexibility index (Phi) is 6.98. The van der Waals surface area contributed by atoms with Crippen LogP contribution in [0.5, 0.6) is 11.5 Å². The molecule has 0 bridgehead atoms. The summed E-state index contributed by atoms with van der Waals surface area (Å²) in [6.07, 6.45) is 8.08. The number of anilines is 2. The molecule has 51 heavy (non-hydrogen) atoms. The molecule has 2 unspecified atom stereocenters. The van der Waals surface area contributed by atoms with Crippen LogP contribution in [0.4, 0.5) is 22.7 Å². The Bertz CT molecular complexity index is 2070. The molecule has 0 radical (unpaired) electrons. The number of hydrogen-bond acceptors (Lipinski definition) is 8. The highest BCUT2D eigenvalue weighted by Gasteiger charge is 2.60. The second kappa shape index (κ2) is 10.9. The summed E-state index contributed by atoms with van der Waals surface area (Å²) in [5.74, 6) is 0.425. The molecule has 0 N–H and O–H groups in total. The minimum atomic E-state index is -0.962. The molecule has 2 atom stereocenters. The van der Waals surface area contributed by atoms with Gasteiger partial charge in [-0.25, -0.2) is 0 Å². The van der Waals surface area contributed by atoms with Crippen molar-refractivity contribution in [2.45, 2.75) is 70.2 Å². The van der Waals surface area contributed by atoms with Gasteiger partial charge < -0.3 is 19.3 Å². The summed E-state index contributed by atoms with van der Waals surface area (Å²) in [5.41, 5.74) is 3.53. The molecule has 0 aromatic heterocycles. The van der Waals surface area contributed by atoms with Gasteiger partial charge in [0, 0.05) is 47.7 Å². The zero-order valence-corrected chi connectivity index (χ0v) is 29.6. The highest BCUT2D eigenvalue weighted by molar-refractivity contribution is 5.77. The molecule has 0 saturated carbocycles. The Balaban J connectivity index is 1.17. The summed E-state index contributed by atoms with van der Waals surface area (Å²) < 4.78 is 13.6. The second-order valence-electron chi connectivity index (χ2n) is 14.8. The van der Waals surface area contributed by atoms with E-state index in [0.29, 0.717) is 35.3 Å². The van der Waals surface area contributed by atoms with Crippen LogP contribution in [0.1, 0.15) is 74.9 Å². The fraction of sp³-hybridized carbons (Fsp3) is 0.317. The summed E-state index contributed by atoms with van der Waals surface area (Å²) in [7, 11) is 0. The third-order valence-corrected chi connectivity index (χ3v) is 11.6. The van der Waals surface area contributed by atoms with E-state index in [-0.39, 0.29) is 29.3 Å². The maximum absolute atomic E-state index is 12.6. The SMILES string of the molecule is CCN1c2ccccc2C(C)(C)C12C=Cc1cc(Cc3cc4c(c([N+](=O)[O-])c3)OC3(C=C4)N(CC)c4ccccc4C3(C)C)cc([N+](=O)[O-])c1O2. The number of nitrogens with zero attached hydrogens (tertiary/aromatic N) is 4. The van der Waals surface area contributed by atoms with Crippen LogP contribution in [-0.4, -0.2) is 34.4 Å². The van der Waals surface area contributed by atoms with Crippen molar-refractivity contribution in [1.82, 2.24) is 0 Å².